The Kier molecular flexibility index (Phi) is 6.42. The number of likely N-dealkylation sites (tertiary alicyclic amines) is 1. The number of morpholine rings is 1. The molecule has 0 saturated carbocycles. The average molecular weight is 417 g/mol. The normalized spacial score (nSPS) is 20.4. The first-order chi connectivity index (χ1) is 14.1. The molecule has 0 bridgehead atoms. The van der Waals surface area contributed by atoms with Gasteiger partial charge in [-0.2, -0.15) is 0 Å². The van der Waals surface area contributed by atoms with Crippen LogP contribution in [-0.4, -0.2) is 91.0 Å². The SMILES string of the molecule is CN(CC(=O)N1CCOCC1)CC(=O)N1CCC[C@@H](c2nc3ccccc3s2)C1. The van der Waals surface area contributed by atoms with Crippen LogP contribution in [0.25, 0.3) is 10.2 Å². The Morgan fingerprint density at radius 3 is 2.62 bits per heavy atom. The molecule has 29 heavy (non-hydrogen) atoms. The number of para-hydroxylation sites is 1. The zero-order valence-corrected chi connectivity index (χ0v) is 17.7. The Bertz CT molecular complexity index is 831. The quantitative estimate of drug-likeness (QED) is 0.744. The molecular formula is C21H28N4O3S. The summed E-state index contributed by atoms with van der Waals surface area (Å²) in [6.45, 7) is 4.48. The van der Waals surface area contributed by atoms with E-state index < -0.39 is 0 Å². The maximum absolute atomic E-state index is 12.8. The topological polar surface area (TPSA) is 66.0 Å². The predicted octanol–water partition coefficient (Wildman–Crippen LogP) is 1.79. The van der Waals surface area contributed by atoms with Gasteiger partial charge in [0.15, 0.2) is 0 Å². The van der Waals surface area contributed by atoms with Crippen LogP contribution in [0.3, 0.4) is 0 Å². The number of rotatable bonds is 5. The molecule has 0 spiro atoms. The van der Waals surface area contributed by atoms with E-state index in [2.05, 4.69) is 6.07 Å². The second kappa shape index (κ2) is 9.19. The third-order valence-electron chi connectivity index (χ3n) is 5.61. The molecule has 2 aromatic rings. The number of hydrogen-bond acceptors (Lipinski definition) is 6. The number of aromatic nitrogens is 1. The van der Waals surface area contributed by atoms with Crippen LogP contribution in [0.5, 0.6) is 0 Å². The van der Waals surface area contributed by atoms with Gasteiger partial charge in [0, 0.05) is 32.1 Å². The number of fused-ring (bicyclic) bond motifs is 1. The van der Waals surface area contributed by atoms with Gasteiger partial charge in [-0.3, -0.25) is 14.5 Å². The Labute approximate surface area is 175 Å². The van der Waals surface area contributed by atoms with Gasteiger partial charge in [-0.05, 0) is 32.0 Å². The van der Waals surface area contributed by atoms with Gasteiger partial charge in [-0.1, -0.05) is 12.1 Å². The van der Waals surface area contributed by atoms with E-state index in [0.717, 1.165) is 29.9 Å². The molecule has 0 unspecified atom stereocenters. The lowest BCUT2D eigenvalue weighted by molar-refractivity contribution is -0.138. The number of carbonyl (C=O) groups is 2. The second-order valence-corrected chi connectivity index (χ2v) is 8.93. The number of benzene rings is 1. The van der Waals surface area contributed by atoms with Crippen LogP contribution in [0.4, 0.5) is 0 Å². The Morgan fingerprint density at radius 2 is 1.86 bits per heavy atom. The lowest BCUT2D eigenvalue weighted by Crippen LogP contribution is -2.48. The van der Waals surface area contributed by atoms with Crippen molar-refractivity contribution in [1.29, 1.82) is 0 Å². The fourth-order valence-electron chi connectivity index (χ4n) is 4.00. The minimum absolute atomic E-state index is 0.0644. The molecule has 8 heteroatoms. The van der Waals surface area contributed by atoms with Gasteiger partial charge >= 0.3 is 0 Å². The van der Waals surface area contributed by atoms with Crippen LogP contribution in [0.15, 0.2) is 24.3 Å². The summed E-state index contributed by atoms with van der Waals surface area (Å²) in [7, 11) is 1.84. The van der Waals surface area contributed by atoms with Gasteiger partial charge in [0.2, 0.25) is 11.8 Å². The minimum atomic E-state index is 0.0644. The van der Waals surface area contributed by atoms with Crippen molar-refractivity contribution in [3.05, 3.63) is 29.3 Å². The molecule has 2 saturated heterocycles. The first-order valence-corrected chi connectivity index (χ1v) is 11.1. The van der Waals surface area contributed by atoms with E-state index in [1.165, 1.54) is 4.70 Å². The van der Waals surface area contributed by atoms with Gasteiger partial charge in [-0.15, -0.1) is 11.3 Å². The van der Waals surface area contributed by atoms with Crippen LogP contribution in [0.2, 0.25) is 0 Å². The molecule has 2 aliphatic rings. The molecule has 156 valence electrons. The van der Waals surface area contributed by atoms with E-state index in [9.17, 15) is 9.59 Å². The minimum Gasteiger partial charge on any atom is -0.378 e. The van der Waals surface area contributed by atoms with Gasteiger partial charge in [-0.25, -0.2) is 4.98 Å². The highest BCUT2D eigenvalue weighted by Gasteiger charge is 2.28. The molecule has 2 aliphatic heterocycles. The van der Waals surface area contributed by atoms with Crippen molar-refractivity contribution in [1.82, 2.24) is 19.7 Å². The molecule has 2 amide bonds. The summed E-state index contributed by atoms with van der Waals surface area (Å²) in [4.78, 5) is 35.6. The van der Waals surface area contributed by atoms with E-state index in [4.69, 9.17) is 9.72 Å². The Hall–Kier alpha value is -2.03. The second-order valence-electron chi connectivity index (χ2n) is 7.86. The van der Waals surface area contributed by atoms with E-state index in [0.29, 0.717) is 38.8 Å². The largest absolute Gasteiger partial charge is 0.378 e. The summed E-state index contributed by atoms with van der Waals surface area (Å²) in [6, 6.07) is 8.19. The van der Waals surface area contributed by atoms with E-state index in [1.54, 1.807) is 11.3 Å². The smallest absolute Gasteiger partial charge is 0.236 e. The number of thiazole rings is 1. The summed E-state index contributed by atoms with van der Waals surface area (Å²) in [5, 5.41) is 1.12. The first-order valence-electron chi connectivity index (χ1n) is 10.3. The van der Waals surface area contributed by atoms with Crippen LogP contribution >= 0.6 is 11.3 Å². The predicted molar refractivity (Wildman–Crippen MR) is 113 cm³/mol. The highest BCUT2D eigenvalue weighted by atomic mass is 32.1. The van der Waals surface area contributed by atoms with E-state index >= 15 is 0 Å². The summed E-state index contributed by atoms with van der Waals surface area (Å²) < 4.78 is 6.49. The van der Waals surface area contributed by atoms with Crippen molar-refractivity contribution in [2.24, 2.45) is 0 Å². The van der Waals surface area contributed by atoms with Gasteiger partial charge < -0.3 is 14.5 Å². The molecule has 1 aromatic heterocycles. The zero-order valence-electron chi connectivity index (χ0n) is 16.9. The molecular weight excluding hydrogens is 388 g/mol. The third-order valence-corrected chi connectivity index (χ3v) is 6.81. The Balaban J connectivity index is 1.31. The number of hydrogen-bond donors (Lipinski definition) is 0. The zero-order chi connectivity index (χ0) is 20.2. The lowest BCUT2D eigenvalue weighted by Gasteiger charge is -2.33. The van der Waals surface area contributed by atoms with Crippen molar-refractivity contribution in [3.8, 4) is 0 Å². The average Bonchev–Trinajstić information content (AvgIpc) is 3.19. The molecule has 7 nitrogen and oxygen atoms in total. The monoisotopic (exact) mass is 416 g/mol. The van der Waals surface area contributed by atoms with Crippen LogP contribution < -0.4 is 0 Å². The molecule has 0 N–H and O–H groups in total. The molecule has 3 heterocycles. The fraction of sp³-hybridized carbons (Fsp3) is 0.571. The van der Waals surface area contributed by atoms with Crippen molar-refractivity contribution in [3.63, 3.8) is 0 Å². The lowest BCUT2D eigenvalue weighted by atomic mass is 9.98. The van der Waals surface area contributed by atoms with E-state index in [1.807, 2.05) is 39.9 Å². The van der Waals surface area contributed by atoms with Gasteiger partial charge in [0.25, 0.3) is 0 Å². The van der Waals surface area contributed by atoms with Crippen LogP contribution in [0.1, 0.15) is 23.8 Å². The number of ether oxygens (including phenoxy) is 1. The fourth-order valence-corrected chi connectivity index (χ4v) is 5.09. The maximum Gasteiger partial charge on any atom is 0.236 e. The first kappa shape index (κ1) is 20.3. The summed E-state index contributed by atoms with van der Waals surface area (Å²) in [6.07, 6.45) is 2.05. The van der Waals surface area contributed by atoms with Crippen LogP contribution in [-0.2, 0) is 14.3 Å². The number of amides is 2. The van der Waals surface area contributed by atoms with E-state index in [-0.39, 0.29) is 24.9 Å². The molecule has 1 atom stereocenters. The van der Waals surface area contributed by atoms with Crippen molar-refractivity contribution in [2.75, 3.05) is 59.5 Å². The standard InChI is InChI=1S/C21H28N4O3S/c1-23(14-19(26)24-9-11-28-12-10-24)15-20(27)25-8-4-5-16(13-25)21-22-17-6-2-3-7-18(17)29-21/h2-3,6-7,16H,4-5,8-15H2,1H3/t16-/m1/s1. The molecule has 1 aromatic carbocycles. The highest BCUT2D eigenvalue weighted by Crippen LogP contribution is 2.32. The number of carbonyl (C=O) groups excluding carboxylic acids is 2. The van der Waals surface area contributed by atoms with Crippen molar-refractivity contribution >= 4 is 33.4 Å². The maximum atomic E-state index is 12.8. The van der Waals surface area contributed by atoms with Crippen molar-refractivity contribution < 1.29 is 14.3 Å². The van der Waals surface area contributed by atoms with Crippen LogP contribution in [0, 0.1) is 0 Å². The molecule has 0 aliphatic carbocycles. The van der Waals surface area contributed by atoms with Gasteiger partial charge in [0.05, 0.1) is 41.5 Å². The molecule has 4 rings (SSSR count). The summed E-state index contributed by atoms with van der Waals surface area (Å²) >= 11 is 1.74. The summed E-state index contributed by atoms with van der Waals surface area (Å²) in [5.41, 5.74) is 1.04. The molecule has 2 fully saturated rings. The third kappa shape index (κ3) is 4.94. The van der Waals surface area contributed by atoms with Crippen molar-refractivity contribution in [2.45, 2.75) is 18.8 Å². The Morgan fingerprint density at radius 1 is 1.14 bits per heavy atom. The van der Waals surface area contributed by atoms with Gasteiger partial charge in [0.1, 0.15) is 0 Å². The highest BCUT2D eigenvalue weighted by molar-refractivity contribution is 7.18. The summed E-state index contributed by atoms with van der Waals surface area (Å²) in [5.74, 6) is 0.452. The molecule has 0 radical (unpaired) electrons. The number of piperidine rings is 1. The number of nitrogens with zero attached hydrogens (tertiary/aromatic N) is 4. The number of likely N-dealkylation sites (N-methyl/N-ethyl adjacent to an activating group) is 1.